The standard InChI is InChI=1S/C13H16N4O2S/c1-19-9-5-3-2-4-8(9)6-7-16-13-10(12(15)18)11(14)17-20-13/h2-5,16H,6-7H2,1H3,(H2,14,17)(H2,15,18). The smallest absolute Gasteiger partial charge is 0.255 e. The number of primary amides is 1. The Kier molecular flexibility index (Phi) is 4.41. The Hall–Kier alpha value is -2.28. The van der Waals surface area contributed by atoms with Crippen LogP contribution in [-0.4, -0.2) is 23.9 Å². The molecule has 7 heteroatoms. The Morgan fingerprint density at radius 2 is 2.20 bits per heavy atom. The first-order valence-corrected chi connectivity index (χ1v) is 6.81. The molecule has 0 atom stereocenters. The molecule has 1 heterocycles. The summed E-state index contributed by atoms with van der Waals surface area (Å²) in [5.41, 5.74) is 12.2. The fourth-order valence-corrected chi connectivity index (χ4v) is 2.63. The number of para-hydroxylation sites is 1. The summed E-state index contributed by atoms with van der Waals surface area (Å²) in [6, 6.07) is 7.79. The first-order chi connectivity index (χ1) is 9.63. The predicted octanol–water partition coefficient (Wildman–Crippen LogP) is 1.49. The predicted molar refractivity (Wildman–Crippen MR) is 80.2 cm³/mol. The minimum Gasteiger partial charge on any atom is -0.496 e. The number of nitrogens with two attached hydrogens (primary N) is 2. The van der Waals surface area contributed by atoms with E-state index < -0.39 is 5.91 Å². The van der Waals surface area contributed by atoms with Crippen molar-refractivity contribution < 1.29 is 9.53 Å². The molecule has 0 aliphatic heterocycles. The number of methoxy groups -OCH3 is 1. The van der Waals surface area contributed by atoms with Crippen molar-refractivity contribution in [3.63, 3.8) is 0 Å². The summed E-state index contributed by atoms with van der Waals surface area (Å²) in [5, 5.41) is 3.74. The Morgan fingerprint density at radius 3 is 2.90 bits per heavy atom. The minimum absolute atomic E-state index is 0.169. The number of hydrogen-bond donors (Lipinski definition) is 3. The lowest BCUT2D eigenvalue weighted by Gasteiger charge is -2.09. The Morgan fingerprint density at radius 1 is 1.45 bits per heavy atom. The Bertz CT molecular complexity index is 612. The number of carbonyl (C=O) groups excluding carboxylic acids is 1. The van der Waals surface area contributed by atoms with Gasteiger partial charge in [-0.1, -0.05) is 18.2 Å². The van der Waals surface area contributed by atoms with Crippen molar-refractivity contribution in [3.05, 3.63) is 35.4 Å². The second-order valence-electron chi connectivity index (χ2n) is 4.12. The maximum Gasteiger partial charge on any atom is 0.255 e. The number of hydrogen-bond acceptors (Lipinski definition) is 6. The van der Waals surface area contributed by atoms with Gasteiger partial charge in [0.25, 0.3) is 5.91 Å². The average Bonchev–Trinajstić information content (AvgIpc) is 2.80. The fourth-order valence-electron chi connectivity index (χ4n) is 1.88. The lowest BCUT2D eigenvalue weighted by molar-refractivity contribution is 0.100. The van der Waals surface area contributed by atoms with Gasteiger partial charge in [-0.15, -0.1) is 0 Å². The van der Waals surface area contributed by atoms with Crippen LogP contribution in [0, 0.1) is 0 Å². The molecule has 20 heavy (non-hydrogen) atoms. The van der Waals surface area contributed by atoms with Crippen molar-refractivity contribution in [1.29, 1.82) is 0 Å². The third-order valence-corrected chi connectivity index (χ3v) is 3.66. The molecule has 106 valence electrons. The molecule has 2 rings (SSSR count). The molecule has 6 nitrogen and oxygen atoms in total. The second-order valence-corrected chi connectivity index (χ2v) is 4.90. The van der Waals surface area contributed by atoms with Crippen molar-refractivity contribution in [2.45, 2.75) is 6.42 Å². The van der Waals surface area contributed by atoms with Crippen LogP contribution in [0.25, 0.3) is 0 Å². The molecule has 0 aliphatic rings. The number of carbonyl (C=O) groups is 1. The van der Waals surface area contributed by atoms with Gasteiger partial charge in [-0.25, -0.2) is 0 Å². The summed E-state index contributed by atoms with van der Waals surface area (Å²) < 4.78 is 9.21. The van der Waals surface area contributed by atoms with Crippen LogP contribution in [0.2, 0.25) is 0 Å². The maximum atomic E-state index is 11.3. The van der Waals surface area contributed by atoms with Crippen LogP contribution in [0.15, 0.2) is 24.3 Å². The first kappa shape index (κ1) is 14.1. The number of nitrogens with one attached hydrogen (secondary N) is 1. The topological polar surface area (TPSA) is 103 Å². The van der Waals surface area contributed by atoms with Gasteiger partial charge in [-0.05, 0) is 29.6 Å². The highest BCUT2D eigenvalue weighted by molar-refractivity contribution is 7.11. The van der Waals surface area contributed by atoms with Crippen molar-refractivity contribution in [3.8, 4) is 5.75 Å². The Labute approximate surface area is 120 Å². The van der Waals surface area contributed by atoms with Crippen LogP contribution in [0.4, 0.5) is 10.8 Å². The molecule has 1 amide bonds. The number of nitrogen functional groups attached to an aromatic ring is 1. The summed E-state index contributed by atoms with van der Waals surface area (Å²) in [7, 11) is 1.64. The van der Waals surface area contributed by atoms with Crippen molar-refractivity contribution in [2.75, 3.05) is 24.7 Å². The fraction of sp³-hybridized carbons (Fsp3) is 0.231. The van der Waals surface area contributed by atoms with Crippen molar-refractivity contribution in [2.24, 2.45) is 5.73 Å². The summed E-state index contributed by atoms with van der Waals surface area (Å²) in [6.45, 7) is 0.627. The summed E-state index contributed by atoms with van der Waals surface area (Å²) >= 11 is 1.13. The number of ether oxygens (including phenoxy) is 1. The van der Waals surface area contributed by atoms with Gasteiger partial charge < -0.3 is 21.5 Å². The second kappa shape index (κ2) is 6.25. The van der Waals surface area contributed by atoms with Gasteiger partial charge >= 0.3 is 0 Å². The highest BCUT2D eigenvalue weighted by Crippen LogP contribution is 2.26. The number of nitrogens with zero attached hydrogens (tertiary/aromatic N) is 1. The maximum absolute atomic E-state index is 11.3. The van der Waals surface area contributed by atoms with Gasteiger partial charge in [-0.3, -0.25) is 4.79 Å². The number of aromatic nitrogens is 1. The van der Waals surface area contributed by atoms with E-state index in [1.54, 1.807) is 7.11 Å². The van der Waals surface area contributed by atoms with E-state index in [1.807, 2.05) is 24.3 Å². The summed E-state index contributed by atoms with van der Waals surface area (Å²) in [6.07, 6.45) is 0.750. The molecule has 0 fully saturated rings. The van der Waals surface area contributed by atoms with E-state index in [2.05, 4.69) is 9.69 Å². The van der Waals surface area contributed by atoms with E-state index in [0.717, 1.165) is 29.3 Å². The molecule has 2 aromatic rings. The van der Waals surface area contributed by atoms with E-state index in [0.29, 0.717) is 11.5 Å². The Balaban J connectivity index is 2.01. The van der Waals surface area contributed by atoms with Crippen LogP contribution in [0.1, 0.15) is 15.9 Å². The summed E-state index contributed by atoms with van der Waals surface area (Å²) in [5.74, 6) is 0.437. The van der Waals surface area contributed by atoms with E-state index in [4.69, 9.17) is 16.2 Å². The van der Waals surface area contributed by atoms with Crippen LogP contribution in [0.3, 0.4) is 0 Å². The molecule has 0 saturated heterocycles. The summed E-state index contributed by atoms with van der Waals surface area (Å²) in [4.78, 5) is 11.3. The van der Waals surface area contributed by atoms with Gasteiger partial charge in [-0.2, -0.15) is 4.37 Å². The first-order valence-electron chi connectivity index (χ1n) is 6.04. The van der Waals surface area contributed by atoms with Gasteiger partial charge in [0.1, 0.15) is 16.3 Å². The number of anilines is 2. The normalized spacial score (nSPS) is 10.2. The molecular weight excluding hydrogens is 276 g/mol. The quantitative estimate of drug-likeness (QED) is 0.748. The van der Waals surface area contributed by atoms with Gasteiger partial charge in [0.05, 0.1) is 7.11 Å². The SMILES string of the molecule is COc1ccccc1CCNc1snc(N)c1C(N)=O. The van der Waals surface area contributed by atoms with Crippen molar-refractivity contribution >= 4 is 28.3 Å². The molecule has 0 spiro atoms. The highest BCUT2D eigenvalue weighted by Gasteiger charge is 2.16. The zero-order chi connectivity index (χ0) is 14.5. The molecule has 0 bridgehead atoms. The van der Waals surface area contributed by atoms with Crippen LogP contribution in [-0.2, 0) is 6.42 Å². The molecule has 1 aromatic heterocycles. The van der Waals surface area contributed by atoms with Gasteiger partial charge in [0.2, 0.25) is 0 Å². The van der Waals surface area contributed by atoms with E-state index in [1.165, 1.54) is 0 Å². The van der Waals surface area contributed by atoms with E-state index >= 15 is 0 Å². The molecule has 5 N–H and O–H groups in total. The van der Waals surface area contributed by atoms with Crippen LogP contribution >= 0.6 is 11.5 Å². The number of amides is 1. The van der Waals surface area contributed by atoms with Crippen molar-refractivity contribution in [1.82, 2.24) is 4.37 Å². The highest BCUT2D eigenvalue weighted by atomic mass is 32.1. The third-order valence-electron chi connectivity index (χ3n) is 2.84. The molecule has 1 aromatic carbocycles. The largest absolute Gasteiger partial charge is 0.496 e. The van der Waals surface area contributed by atoms with Gasteiger partial charge in [0.15, 0.2) is 5.82 Å². The molecule has 0 aliphatic carbocycles. The molecule has 0 radical (unpaired) electrons. The van der Waals surface area contributed by atoms with Crippen LogP contribution < -0.4 is 21.5 Å². The van der Waals surface area contributed by atoms with Crippen LogP contribution in [0.5, 0.6) is 5.75 Å². The minimum atomic E-state index is -0.573. The third kappa shape index (κ3) is 3.00. The monoisotopic (exact) mass is 292 g/mol. The van der Waals surface area contributed by atoms with Gasteiger partial charge in [0, 0.05) is 6.54 Å². The molecule has 0 unspecified atom stereocenters. The number of benzene rings is 1. The van der Waals surface area contributed by atoms with E-state index in [9.17, 15) is 4.79 Å². The molecular formula is C13H16N4O2S. The average molecular weight is 292 g/mol. The van der Waals surface area contributed by atoms with E-state index in [-0.39, 0.29) is 11.4 Å². The number of rotatable bonds is 6. The zero-order valence-corrected chi connectivity index (χ0v) is 11.9. The lowest BCUT2D eigenvalue weighted by atomic mass is 10.1. The molecule has 0 saturated carbocycles. The zero-order valence-electron chi connectivity index (χ0n) is 11.1. The lowest BCUT2D eigenvalue weighted by Crippen LogP contribution is -2.15.